The quantitative estimate of drug-likeness (QED) is 0.192. The van der Waals surface area contributed by atoms with Crippen molar-refractivity contribution < 1.29 is 30.0 Å². The number of para-hydroxylation sites is 1. The van der Waals surface area contributed by atoms with E-state index >= 15 is 0 Å². The zero-order chi connectivity index (χ0) is 22.3. The summed E-state index contributed by atoms with van der Waals surface area (Å²) in [6.45, 7) is 11.6. The van der Waals surface area contributed by atoms with Gasteiger partial charge in [-0.2, -0.15) is 0 Å². The van der Waals surface area contributed by atoms with Gasteiger partial charge in [0.15, 0.2) is 5.78 Å². The molecule has 3 rings (SSSR count). The Morgan fingerprint density at radius 3 is 2.26 bits per heavy atom. The number of allylic oxidation sites excluding steroid dienone is 2. The monoisotopic (exact) mass is 595 g/mol. The smallest absolute Gasteiger partial charge is 0.155 e. The third-order valence-corrected chi connectivity index (χ3v) is 5.01. The first-order valence-electron chi connectivity index (χ1n) is 10.5. The van der Waals surface area contributed by atoms with Crippen molar-refractivity contribution in [2.75, 3.05) is 0 Å². The zero-order valence-electron chi connectivity index (χ0n) is 19.2. The fourth-order valence-corrected chi connectivity index (χ4v) is 3.73. The van der Waals surface area contributed by atoms with Gasteiger partial charge < -0.3 is 5.11 Å². The van der Waals surface area contributed by atoms with Gasteiger partial charge in [0.2, 0.25) is 0 Å². The van der Waals surface area contributed by atoms with Crippen molar-refractivity contribution in [3.63, 3.8) is 0 Å². The maximum Gasteiger partial charge on any atom is 0.155 e. The van der Waals surface area contributed by atoms with Crippen molar-refractivity contribution in [2.24, 2.45) is 0 Å². The summed E-state index contributed by atoms with van der Waals surface area (Å²) < 4.78 is 0. The van der Waals surface area contributed by atoms with E-state index in [-0.39, 0.29) is 31.6 Å². The van der Waals surface area contributed by atoms with Gasteiger partial charge in [0.25, 0.3) is 0 Å². The summed E-state index contributed by atoms with van der Waals surface area (Å²) in [5.74, 6) is 0.514. The molecule has 1 N–H and O–H groups in total. The molecule has 0 aliphatic rings. The second kappa shape index (κ2) is 12.5. The predicted octanol–water partition coefficient (Wildman–Crippen LogP) is 7.26. The number of hydrogen-bond acceptors (Lipinski definition) is 3. The van der Waals surface area contributed by atoms with Gasteiger partial charge in [-0.1, -0.05) is 52.0 Å². The second-order valence-electron chi connectivity index (χ2n) is 7.78. The van der Waals surface area contributed by atoms with Crippen LogP contribution in [0, 0.1) is 19.9 Å². The van der Waals surface area contributed by atoms with Crippen LogP contribution in [0.2, 0.25) is 0 Å². The Hall–Kier alpha value is -2.29. The number of hydrogen-bond donors (Lipinski definition) is 1. The van der Waals surface area contributed by atoms with Crippen LogP contribution in [0.1, 0.15) is 63.1 Å². The Bertz CT molecular complexity index is 1030. The normalized spacial score (nSPS) is 11.0. The molecular formula is C27H32IrNO2-. The number of ketones is 1. The molecule has 0 bridgehead atoms. The van der Waals surface area contributed by atoms with Gasteiger partial charge in [-0.3, -0.25) is 9.78 Å². The van der Waals surface area contributed by atoms with E-state index in [0.29, 0.717) is 5.92 Å². The first-order valence-corrected chi connectivity index (χ1v) is 10.5. The number of carbonyl (C=O) groups excluding carboxylic acids is 1. The van der Waals surface area contributed by atoms with Crippen LogP contribution in [0.25, 0.3) is 22.2 Å². The Balaban J connectivity index is 0.000000523. The summed E-state index contributed by atoms with van der Waals surface area (Å²) >= 11 is 0. The number of nitrogens with zero attached hydrogens (tertiary/aromatic N) is 1. The van der Waals surface area contributed by atoms with Crippen molar-refractivity contribution in [3.05, 3.63) is 77.1 Å². The van der Waals surface area contributed by atoms with Gasteiger partial charge in [-0.25, -0.2) is 0 Å². The summed E-state index contributed by atoms with van der Waals surface area (Å²) in [6, 6.07) is 18.6. The van der Waals surface area contributed by atoms with Gasteiger partial charge in [0, 0.05) is 31.6 Å². The minimum absolute atomic E-state index is 0. The van der Waals surface area contributed by atoms with Gasteiger partial charge in [-0.15, -0.1) is 34.9 Å². The van der Waals surface area contributed by atoms with E-state index in [4.69, 9.17) is 10.1 Å². The molecule has 0 fully saturated rings. The molecule has 1 radical (unpaired) electrons. The fourth-order valence-electron chi connectivity index (χ4n) is 3.73. The number of aliphatic hydroxyl groups excluding tert-OH is 1. The molecule has 1 heterocycles. The molecule has 0 saturated heterocycles. The van der Waals surface area contributed by atoms with Crippen molar-refractivity contribution in [1.82, 2.24) is 4.98 Å². The fraction of sp³-hybridized carbons (Fsp3) is 0.333. The molecule has 0 atom stereocenters. The molecule has 1 aromatic heterocycles. The second-order valence-corrected chi connectivity index (χ2v) is 7.78. The predicted molar refractivity (Wildman–Crippen MR) is 126 cm³/mol. The number of aliphatic hydroxyl groups is 1. The Kier molecular flexibility index (Phi) is 10.8. The van der Waals surface area contributed by atoms with Crippen LogP contribution in [0.3, 0.4) is 0 Å². The minimum atomic E-state index is -0.125. The van der Waals surface area contributed by atoms with Gasteiger partial charge in [0.05, 0.1) is 11.3 Å². The van der Waals surface area contributed by atoms with Crippen LogP contribution in [0.4, 0.5) is 0 Å². The van der Waals surface area contributed by atoms with E-state index in [2.05, 4.69) is 76.2 Å². The standard InChI is InChI=1S/C22H24N.C5H8O2.Ir/c1-5-17(6-2)20-14-22(18-12-15(3)11-16(4)13-18)23-21-10-8-7-9-19(20)21;1-4(6)3-5(2)7;/h7-12,14,17H,5-6H2,1-4H3;3,6H,1-2H3;/q-1;;/b;4-3-;. The Morgan fingerprint density at radius 1 is 1.10 bits per heavy atom. The molecule has 167 valence electrons. The average molecular weight is 595 g/mol. The van der Waals surface area contributed by atoms with Crippen LogP contribution in [0.15, 0.2) is 54.3 Å². The molecule has 0 amide bonds. The summed E-state index contributed by atoms with van der Waals surface area (Å²) in [5, 5.41) is 9.65. The molecule has 0 aliphatic heterocycles. The molecule has 3 aromatic rings. The van der Waals surface area contributed by atoms with Gasteiger partial charge in [0.1, 0.15) is 0 Å². The maximum absolute atomic E-state index is 10.0. The number of benzene rings is 2. The number of aryl methyl sites for hydroxylation is 2. The third-order valence-electron chi connectivity index (χ3n) is 5.01. The van der Waals surface area contributed by atoms with E-state index in [1.165, 1.54) is 42.0 Å². The number of carbonyl (C=O) groups is 1. The van der Waals surface area contributed by atoms with Crippen LogP contribution < -0.4 is 0 Å². The van der Waals surface area contributed by atoms with Crippen LogP contribution in [0.5, 0.6) is 0 Å². The molecule has 0 saturated carbocycles. The van der Waals surface area contributed by atoms with Crippen molar-refractivity contribution >= 4 is 16.7 Å². The molecule has 0 unspecified atom stereocenters. The van der Waals surface area contributed by atoms with E-state index in [9.17, 15) is 4.79 Å². The molecule has 2 aromatic carbocycles. The van der Waals surface area contributed by atoms with Crippen molar-refractivity contribution in [2.45, 2.75) is 60.3 Å². The van der Waals surface area contributed by atoms with Crippen LogP contribution in [-0.4, -0.2) is 15.9 Å². The Morgan fingerprint density at radius 2 is 1.74 bits per heavy atom. The molecule has 0 aliphatic carbocycles. The number of fused-ring (bicyclic) bond motifs is 1. The first-order chi connectivity index (χ1) is 14.2. The molecular weight excluding hydrogens is 563 g/mol. The van der Waals surface area contributed by atoms with E-state index in [0.717, 1.165) is 29.6 Å². The first kappa shape index (κ1) is 26.7. The zero-order valence-corrected chi connectivity index (χ0v) is 21.6. The molecule has 3 nitrogen and oxygen atoms in total. The van der Waals surface area contributed by atoms with E-state index < -0.39 is 0 Å². The summed E-state index contributed by atoms with van der Waals surface area (Å²) in [7, 11) is 0. The number of pyridine rings is 1. The van der Waals surface area contributed by atoms with Gasteiger partial charge >= 0.3 is 0 Å². The molecule has 31 heavy (non-hydrogen) atoms. The SMILES string of the molecule is CC(=O)/C=C(/C)O.CCC(CC)c1cc(-c2[c-]c(C)cc(C)c2)nc2ccccc12.[Ir]. The number of rotatable bonds is 5. The Labute approximate surface area is 200 Å². The summed E-state index contributed by atoms with van der Waals surface area (Å²) in [4.78, 5) is 14.9. The van der Waals surface area contributed by atoms with E-state index in [1.807, 2.05) is 0 Å². The number of aromatic nitrogens is 1. The van der Waals surface area contributed by atoms with Crippen molar-refractivity contribution in [3.8, 4) is 11.3 Å². The van der Waals surface area contributed by atoms with Crippen LogP contribution in [-0.2, 0) is 24.9 Å². The minimum Gasteiger partial charge on any atom is -0.512 e. The maximum atomic E-state index is 10.0. The topological polar surface area (TPSA) is 50.2 Å². The molecule has 4 heteroatoms. The van der Waals surface area contributed by atoms with Gasteiger partial charge in [-0.05, 0) is 49.9 Å². The van der Waals surface area contributed by atoms with Crippen molar-refractivity contribution in [1.29, 1.82) is 0 Å². The largest absolute Gasteiger partial charge is 0.512 e. The molecule has 0 spiro atoms. The van der Waals surface area contributed by atoms with E-state index in [1.54, 1.807) is 0 Å². The van der Waals surface area contributed by atoms with Crippen LogP contribution >= 0.6 is 0 Å². The third kappa shape index (κ3) is 7.72. The summed E-state index contributed by atoms with van der Waals surface area (Å²) in [5.41, 5.74) is 7.06. The summed E-state index contributed by atoms with van der Waals surface area (Å²) in [6.07, 6.45) is 3.47. The average Bonchev–Trinajstić information content (AvgIpc) is 2.67.